The molecule has 5 heteroatoms. The van der Waals surface area contributed by atoms with E-state index in [0.717, 1.165) is 55.7 Å². The van der Waals surface area contributed by atoms with Crippen molar-refractivity contribution in [3.63, 3.8) is 0 Å². The summed E-state index contributed by atoms with van der Waals surface area (Å²) in [6.07, 6.45) is 8.87. The zero-order valence-corrected chi connectivity index (χ0v) is 17.8. The lowest BCUT2D eigenvalue weighted by molar-refractivity contribution is 0.421. The predicted octanol–water partition coefficient (Wildman–Crippen LogP) is 5.01. The summed E-state index contributed by atoms with van der Waals surface area (Å²) in [4.78, 5) is 0. The van der Waals surface area contributed by atoms with E-state index in [4.69, 9.17) is 0 Å². The summed E-state index contributed by atoms with van der Waals surface area (Å²) < 4.78 is 7.19. The molecule has 146 valence electrons. The second-order valence-corrected chi connectivity index (χ2v) is 8.50. The fourth-order valence-corrected chi connectivity index (χ4v) is 5.25. The van der Waals surface area contributed by atoms with Crippen molar-refractivity contribution in [2.75, 3.05) is 19.6 Å². The van der Waals surface area contributed by atoms with Gasteiger partial charge in [-0.15, -0.1) is 0 Å². The monoisotopic (exact) mass is 392 g/mol. The Morgan fingerprint density at radius 2 is 2.04 bits per heavy atom. The number of hydrogen-bond acceptors (Lipinski definition) is 4. The quantitative estimate of drug-likeness (QED) is 0.670. The number of aryl methyl sites for hydroxylation is 2. The highest BCUT2D eigenvalue weighted by Crippen LogP contribution is 2.36. The minimum absolute atomic E-state index is 0.432. The van der Waals surface area contributed by atoms with E-state index in [2.05, 4.69) is 76.4 Å². The van der Waals surface area contributed by atoms with Gasteiger partial charge in [-0.05, 0) is 37.0 Å². The van der Waals surface area contributed by atoms with Crippen molar-refractivity contribution < 1.29 is 0 Å². The minimum atomic E-state index is 0.432. The maximum atomic E-state index is 9.93. The van der Waals surface area contributed by atoms with Gasteiger partial charge in [-0.25, -0.2) is 8.61 Å². The average molecular weight is 393 g/mol. The summed E-state index contributed by atoms with van der Waals surface area (Å²) in [5.41, 5.74) is 5.56. The zero-order chi connectivity index (χ0) is 19.7. The Balaban J connectivity index is 1.68. The van der Waals surface area contributed by atoms with Gasteiger partial charge in [0.15, 0.2) is 0 Å². The number of nitriles is 1. The van der Waals surface area contributed by atoms with Crippen LogP contribution >= 0.6 is 12.1 Å². The second-order valence-electron chi connectivity index (χ2n) is 7.35. The van der Waals surface area contributed by atoms with Crippen molar-refractivity contribution in [3.8, 4) is 6.07 Å². The van der Waals surface area contributed by atoms with Gasteiger partial charge in [-0.1, -0.05) is 44.2 Å². The number of hydrogen-bond donors (Lipinski definition) is 0. The second kappa shape index (κ2) is 8.16. The SMILES string of the molecule is CCc1ccc2c(C#N)c(C3=CCC(N4CCN(CC)S4)C=C3)n(CC)c2c1. The van der Waals surface area contributed by atoms with Crippen molar-refractivity contribution in [3.05, 3.63) is 53.2 Å². The number of nitrogens with zero attached hydrogens (tertiary/aromatic N) is 4. The molecule has 1 saturated heterocycles. The van der Waals surface area contributed by atoms with Crippen LogP contribution in [0.1, 0.15) is 44.0 Å². The maximum Gasteiger partial charge on any atom is 0.102 e. The van der Waals surface area contributed by atoms with Crippen LogP contribution in [0.3, 0.4) is 0 Å². The Kier molecular flexibility index (Phi) is 5.63. The van der Waals surface area contributed by atoms with Gasteiger partial charge < -0.3 is 4.57 Å². The topological polar surface area (TPSA) is 35.2 Å². The molecule has 2 aliphatic rings. The molecule has 1 unspecified atom stereocenters. The number of aromatic nitrogens is 1. The summed E-state index contributed by atoms with van der Waals surface area (Å²) in [5, 5.41) is 11.0. The molecule has 1 aliphatic heterocycles. The number of fused-ring (bicyclic) bond motifs is 1. The Morgan fingerprint density at radius 1 is 1.18 bits per heavy atom. The van der Waals surface area contributed by atoms with Gasteiger partial charge in [-0.2, -0.15) is 5.26 Å². The molecule has 2 heterocycles. The van der Waals surface area contributed by atoms with Crippen LogP contribution in [0.5, 0.6) is 0 Å². The predicted molar refractivity (Wildman–Crippen MR) is 119 cm³/mol. The average Bonchev–Trinajstić information content (AvgIpc) is 3.35. The lowest BCUT2D eigenvalue weighted by Crippen LogP contribution is -2.26. The molecule has 1 aromatic heterocycles. The van der Waals surface area contributed by atoms with Gasteiger partial charge in [0.2, 0.25) is 0 Å². The summed E-state index contributed by atoms with van der Waals surface area (Å²) in [6.45, 7) is 10.7. The van der Waals surface area contributed by atoms with Crippen LogP contribution in [-0.4, -0.2) is 38.9 Å². The Bertz CT molecular complexity index is 979. The van der Waals surface area contributed by atoms with E-state index >= 15 is 0 Å². The fraction of sp³-hybridized carbons (Fsp3) is 0.435. The van der Waals surface area contributed by atoms with Crippen molar-refractivity contribution in [2.24, 2.45) is 0 Å². The molecule has 4 nitrogen and oxygen atoms in total. The molecule has 0 radical (unpaired) electrons. The zero-order valence-electron chi connectivity index (χ0n) is 17.0. The van der Waals surface area contributed by atoms with Crippen LogP contribution in [0.4, 0.5) is 0 Å². The van der Waals surface area contributed by atoms with Crippen LogP contribution in [0.2, 0.25) is 0 Å². The Morgan fingerprint density at radius 3 is 2.64 bits per heavy atom. The van der Waals surface area contributed by atoms with Crippen molar-refractivity contribution in [1.82, 2.24) is 13.2 Å². The highest BCUT2D eigenvalue weighted by atomic mass is 32.2. The molecular weight excluding hydrogens is 364 g/mol. The normalized spacial score (nSPS) is 20.6. The van der Waals surface area contributed by atoms with Crippen LogP contribution < -0.4 is 0 Å². The highest BCUT2D eigenvalue weighted by Gasteiger charge is 2.27. The number of allylic oxidation sites excluding steroid dienone is 2. The Hall–Kier alpha value is -2.00. The van der Waals surface area contributed by atoms with E-state index in [1.807, 2.05) is 12.1 Å². The van der Waals surface area contributed by atoms with E-state index in [-0.39, 0.29) is 0 Å². The summed E-state index contributed by atoms with van der Waals surface area (Å²) in [6, 6.07) is 9.45. The first-order chi connectivity index (χ1) is 13.7. The Labute approximate surface area is 172 Å². The van der Waals surface area contributed by atoms with Crippen molar-refractivity contribution >= 4 is 28.6 Å². The van der Waals surface area contributed by atoms with Gasteiger partial charge in [0.05, 0.1) is 16.8 Å². The molecule has 0 spiro atoms. The third kappa shape index (κ3) is 3.30. The van der Waals surface area contributed by atoms with E-state index < -0.39 is 0 Å². The summed E-state index contributed by atoms with van der Waals surface area (Å²) >= 11 is 1.87. The third-order valence-electron chi connectivity index (χ3n) is 5.83. The van der Waals surface area contributed by atoms with Crippen molar-refractivity contribution in [1.29, 1.82) is 5.26 Å². The van der Waals surface area contributed by atoms with E-state index in [9.17, 15) is 5.26 Å². The standard InChI is InChI=1S/C23H28N4S/c1-4-17-7-12-20-21(16-24)23(26(6-3)22(20)15-17)18-8-10-19(11-9-18)27-14-13-25(5-2)28-27/h7-10,12,15,19H,4-6,11,13-14H2,1-3H3. The first-order valence-corrected chi connectivity index (χ1v) is 11.1. The first kappa shape index (κ1) is 19.3. The van der Waals surface area contributed by atoms with E-state index in [0.29, 0.717) is 6.04 Å². The van der Waals surface area contributed by atoms with Gasteiger partial charge in [0, 0.05) is 49.7 Å². The number of benzene rings is 1. The van der Waals surface area contributed by atoms with Crippen LogP contribution in [-0.2, 0) is 13.0 Å². The molecule has 0 bridgehead atoms. The summed E-state index contributed by atoms with van der Waals surface area (Å²) in [7, 11) is 0. The first-order valence-electron chi connectivity index (χ1n) is 10.3. The fourth-order valence-electron chi connectivity index (χ4n) is 4.24. The maximum absolute atomic E-state index is 9.93. The highest BCUT2D eigenvalue weighted by molar-refractivity contribution is 7.94. The number of likely N-dealkylation sites (N-methyl/N-ethyl adjacent to an activating group) is 1. The van der Waals surface area contributed by atoms with Gasteiger partial charge >= 0.3 is 0 Å². The third-order valence-corrected chi connectivity index (χ3v) is 7.16. The molecule has 1 aliphatic carbocycles. The largest absolute Gasteiger partial charge is 0.340 e. The molecule has 1 atom stereocenters. The molecule has 28 heavy (non-hydrogen) atoms. The smallest absolute Gasteiger partial charge is 0.102 e. The van der Waals surface area contributed by atoms with Gasteiger partial charge in [0.1, 0.15) is 6.07 Å². The molecule has 0 N–H and O–H groups in total. The summed E-state index contributed by atoms with van der Waals surface area (Å²) in [5.74, 6) is 0. The molecule has 0 amide bonds. The molecule has 2 aromatic rings. The van der Waals surface area contributed by atoms with Gasteiger partial charge in [-0.3, -0.25) is 0 Å². The molecule has 1 aromatic carbocycles. The number of rotatable bonds is 5. The van der Waals surface area contributed by atoms with Gasteiger partial charge in [0.25, 0.3) is 0 Å². The van der Waals surface area contributed by atoms with Crippen molar-refractivity contribution in [2.45, 2.75) is 46.2 Å². The van der Waals surface area contributed by atoms with E-state index in [1.165, 1.54) is 16.7 Å². The lowest BCUT2D eigenvalue weighted by atomic mass is 9.98. The van der Waals surface area contributed by atoms with E-state index in [1.54, 1.807) is 0 Å². The van der Waals surface area contributed by atoms with Crippen LogP contribution in [0.25, 0.3) is 16.5 Å². The van der Waals surface area contributed by atoms with Crippen LogP contribution in [0, 0.1) is 11.3 Å². The molecule has 0 saturated carbocycles. The minimum Gasteiger partial charge on any atom is -0.340 e. The molecular formula is C23H28N4S. The molecule has 4 rings (SSSR count). The van der Waals surface area contributed by atoms with Crippen LogP contribution in [0.15, 0.2) is 36.4 Å². The lowest BCUT2D eigenvalue weighted by Gasteiger charge is -2.25. The molecule has 1 fully saturated rings.